The molecule has 1 rings (SSSR count). The van der Waals surface area contributed by atoms with Crippen LogP contribution in [0.15, 0.2) is 11.6 Å². The van der Waals surface area contributed by atoms with Gasteiger partial charge in [0.05, 0.1) is 6.61 Å². The molecule has 0 aromatic carbocycles. The minimum atomic E-state index is -0.319. The van der Waals surface area contributed by atoms with E-state index in [4.69, 9.17) is 9.47 Å². The highest BCUT2D eigenvalue weighted by atomic mass is 16.5. The van der Waals surface area contributed by atoms with Crippen LogP contribution in [0.1, 0.15) is 47.0 Å². The maximum atomic E-state index is 11.5. The summed E-state index contributed by atoms with van der Waals surface area (Å²) in [6, 6.07) is 0. The van der Waals surface area contributed by atoms with Crippen molar-refractivity contribution in [3.8, 4) is 0 Å². The van der Waals surface area contributed by atoms with Gasteiger partial charge in [-0.15, -0.1) is 0 Å². The fourth-order valence-corrected chi connectivity index (χ4v) is 2.67. The monoisotopic (exact) mass is 268 g/mol. The van der Waals surface area contributed by atoms with E-state index in [1.807, 2.05) is 6.92 Å². The van der Waals surface area contributed by atoms with Gasteiger partial charge < -0.3 is 9.47 Å². The lowest BCUT2D eigenvalue weighted by atomic mass is 9.77. The zero-order chi connectivity index (χ0) is 14.4. The van der Waals surface area contributed by atoms with E-state index in [-0.39, 0.29) is 24.0 Å². The topological polar surface area (TPSA) is 52.6 Å². The highest BCUT2D eigenvalue weighted by Crippen LogP contribution is 2.35. The van der Waals surface area contributed by atoms with E-state index in [1.54, 1.807) is 6.92 Å². The summed E-state index contributed by atoms with van der Waals surface area (Å²) in [5, 5.41) is 0. The van der Waals surface area contributed by atoms with E-state index < -0.39 is 0 Å². The Morgan fingerprint density at radius 1 is 1.26 bits per heavy atom. The van der Waals surface area contributed by atoms with Gasteiger partial charge in [-0.05, 0) is 39.0 Å². The first kappa shape index (κ1) is 15.7. The van der Waals surface area contributed by atoms with Gasteiger partial charge in [-0.3, -0.25) is 4.79 Å². The van der Waals surface area contributed by atoms with E-state index in [9.17, 15) is 9.59 Å². The minimum absolute atomic E-state index is 0.119. The second kappa shape index (κ2) is 7.31. The average molecular weight is 268 g/mol. The first-order valence-electron chi connectivity index (χ1n) is 6.96. The van der Waals surface area contributed by atoms with Crippen LogP contribution in [0, 0.1) is 11.8 Å². The fraction of sp³-hybridized carbons (Fsp3) is 0.733. The lowest BCUT2D eigenvalue weighted by Gasteiger charge is -2.34. The van der Waals surface area contributed by atoms with Crippen molar-refractivity contribution >= 4 is 11.9 Å². The van der Waals surface area contributed by atoms with Crippen LogP contribution < -0.4 is 0 Å². The van der Waals surface area contributed by atoms with Gasteiger partial charge in [-0.2, -0.15) is 0 Å². The molecule has 19 heavy (non-hydrogen) atoms. The van der Waals surface area contributed by atoms with Crippen LogP contribution in [0.4, 0.5) is 0 Å². The Kier molecular flexibility index (Phi) is 6.06. The molecule has 3 atom stereocenters. The predicted octanol–water partition coefficient (Wildman–Crippen LogP) is 2.86. The average Bonchev–Trinajstić information content (AvgIpc) is 2.28. The molecule has 0 N–H and O–H groups in total. The Morgan fingerprint density at radius 3 is 2.53 bits per heavy atom. The number of carbonyl (C=O) groups is 2. The highest BCUT2D eigenvalue weighted by Gasteiger charge is 2.32. The van der Waals surface area contributed by atoms with Crippen LogP contribution in [0.3, 0.4) is 0 Å². The van der Waals surface area contributed by atoms with Gasteiger partial charge in [0.1, 0.15) is 6.10 Å². The Bertz CT molecular complexity index is 359. The van der Waals surface area contributed by atoms with Crippen LogP contribution in [0.25, 0.3) is 0 Å². The maximum absolute atomic E-state index is 11.5. The van der Waals surface area contributed by atoms with Crippen LogP contribution in [-0.4, -0.2) is 24.6 Å². The second-order valence-electron chi connectivity index (χ2n) is 5.31. The lowest BCUT2D eigenvalue weighted by Crippen LogP contribution is -2.33. The molecule has 1 fully saturated rings. The summed E-state index contributed by atoms with van der Waals surface area (Å²) < 4.78 is 10.3. The van der Waals surface area contributed by atoms with E-state index in [0.29, 0.717) is 12.5 Å². The summed E-state index contributed by atoms with van der Waals surface area (Å²) in [5.41, 5.74) is 0.941. The molecular formula is C15H24O4. The molecule has 1 saturated carbocycles. The molecule has 0 spiro atoms. The molecule has 0 amide bonds. The van der Waals surface area contributed by atoms with Gasteiger partial charge >= 0.3 is 11.9 Å². The number of esters is 2. The van der Waals surface area contributed by atoms with Crippen molar-refractivity contribution in [2.75, 3.05) is 6.61 Å². The third-order valence-electron chi connectivity index (χ3n) is 3.59. The van der Waals surface area contributed by atoms with E-state index in [0.717, 1.165) is 24.8 Å². The highest BCUT2D eigenvalue weighted by molar-refractivity contribution is 5.82. The van der Waals surface area contributed by atoms with Gasteiger partial charge in [0, 0.05) is 18.9 Å². The normalized spacial score (nSPS) is 27.8. The molecule has 0 saturated heterocycles. The van der Waals surface area contributed by atoms with E-state index >= 15 is 0 Å². The number of hydrogen-bond donors (Lipinski definition) is 0. The van der Waals surface area contributed by atoms with Crippen molar-refractivity contribution in [2.24, 2.45) is 11.8 Å². The van der Waals surface area contributed by atoms with Crippen LogP contribution in [0.2, 0.25) is 0 Å². The summed E-state index contributed by atoms with van der Waals surface area (Å²) in [5.74, 6) is 0.105. The third-order valence-corrected chi connectivity index (χ3v) is 3.59. The molecule has 4 nitrogen and oxygen atoms in total. The Balaban J connectivity index is 2.76. The largest absolute Gasteiger partial charge is 0.463 e. The van der Waals surface area contributed by atoms with E-state index in [1.165, 1.54) is 13.0 Å². The quantitative estimate of drug-likeness (QED) is 0.581. The summed E-state index contributed by atoms with van der Waals surface area (Å²) >= 11 is 0. The standard InChI is InChI=1S/C15H24O4/c1-5-18-15(17)9-11(3)13-7-6-10(2)8-14(13)19-12(4)16/h9-10,13-14H,5-8H2,1-4H3/b11-9+/t10-,13+,14-/m0/s1. The molecule has 108 valence electrons. The molecule has 1 aliphatic rings. The molecule has 0 heterocycles. The molecule has 0 aliphatic heterocycles. The molecule has 0 unspecified atom stereocenters. The number of hydrogen-bond acceptors (Lipinski definition) is 4. The molecule has 0 aromatic heterocycles. The first-order chi connectivity index (χ1) is 8.93. The zero-order valence-electron chi connectivity index (χ0n) is 12.3. The first-order valence-corrected chi connectivity index (χ1v) is 6.96. The van der Waals surface area contributed by atoms with Crippen molar-refractivity contribution in [1.29, 1.82) is 0 Å². The van der Waals surface area contributed by atoms with Crippen molar-refractivity contribution < 1.29 is 19.1 Å². The molecular weight excluding hydrogens is 244 g/mol. The van der Waals surface area contributed by atoms with E-state index in [2.05, 4.69) is 6.92 Å². The predicted molar refractivity (Wildman–Crippen MR) is 72.4 cm³/mol. The summed E-state index contributed by atoms with van der Waals surface area (Å²) in [7, 11) is 0. The van der Waals surface area contributed by atoms with Crippen molar-refractivity contribution in [3.63, 3.8) is 0 Å². The minimum Gasteiger partial charge on any atom is -0.463 e. The van der Waals surface area contributed by atoms with Gasteiger partial charge in [0.15, 0.2) is 0 Å². The third kappa shape index (κ3) is 5.05. The van der Waals surface area contributed by atoms with Crippen molar-refractivity contribution in [2.45, 2.75) is 53.1 Å². The fourth-order valence-electron chi connectivity index (χ4n) is 2.67. The maximum Gasteiger partial charge on any atom is 0.330 e. The van der Waals surface area contributed by atoms with Gasteiger partial charge in [0.25, 0.3) is 0 Å². The number of rotatable bonds is 4. The van der Waals surface area contributed by atoms with Gasteiger partial charge in [-0.1, -0.05) is 12.5 Å². The summed E-state index contributed by atoms with van der Waals surface area (Å²) in [4.78, 5) is 22.7. The smallest absolute Gasteiger partial charge is 0.330 e. The molecule has 0 aromatic rings. The number of ether oxygens (including phenoxy) is 2. The Labute approximate surface area is 115 Å². The van der Waals surface area contributed by atoms with Gasteiger partial charge in [0.2, 0.25) is 0 Å². The second-order valence-corrected chi connectivity index (χ2v) is 5.31. The summed E-state index contributed by atoms with van der Waals surface area (Å²) in [6.45, 7) is 7.66. The molecule has 1 aliphatic carbocycles. The van der Waals surface area contributed by atoms with Crippen LogP contribution in [-0.2, 0) is 19.1 Å². The van der Waals surface area contributed by atoms with Crippen LogP contribution in [0.5, 0.6) is 0 Å². The number of carbonyl (C=O) groups excluding carboxylic acids is 2. The van der Waals surface area contributed by atoms with Gasteiger partial charge in [-0.25, -0.2) is 4.79 Å². The van der Waals surface area contributed by atoms with Crippen molar-refractivity contribution in [3.05, 3.63) is 11.6 Å². The Morgan fingerprint density at radius 2 is 1.95 bits per heavy atom. The molecule has 0 radical (unpaired) electrons. The van der Waals surface area contributed by atoms with Crippen LogP contribution >= 0.6 is 0 Å². The SMILES string of the molecule is CCOC(=O)/C=C(\C)[C@H]1CC[C@H](C)C[C@@H]1OC(C)=O. The molecule has 0 bridgehead atoms. The zero-order valence-corrected chi connectivity index (χ0v) is 12.3. The lowest BCUT2D eigenvalue weighted by molar-refractivity contribution is -0.150. The Hall–Kier alpha value is -1.32. The molecule has 4 heteroatoms. The summed E-state index contributed by atoms with van der Waals surface area (Å²) in [6.07, 6.45) is 4.31. The van der Waals surface area contributed by atoms with Crippen molar-refractivity contribution in [1.82, 2.24) is 0 Å².